The van der Waals surface area contributed by atoms with E-state index in [2.05, 4.69) is 59.8 Å². The Hall–Kier alpha value is -0.640. The minimum Gasteiger partial charge on any atom is -0.393 e. The predicted molar refractivity (Wildman–Crippen MR) is 131 cm³/mol. The lowest BCUT2D eigenvalue weighted by atomic mass is 9.46. The van der Waals surface area contributed by atoms with E-state index in [1.807, 2.05) is 0 Å². The molecule has 1 unspecified atom stereocenters. The van der Waals surface area contributed by atoms with Gasteiger partial charge in [0.25, 0.3) is 0 Å². The molecular weight excluding hydrogens is 396 g/mol. The molecule has 3 heteroatoms. The summed E-state index contributed by atoms with van der Waals surface area (Å²) in [4.78, 5) is 5.19. The standard InChI is InChI=1S/C29H48O3/c1-7-20(18(2)3)9-8-19(4)23-10-11-24-27-25(13-15-29(23,24)6)28(5)14-12-22(30)16-21(28)17-26(27)32-31/h8-9,17-20,22-27,30-31H,7,10-16H2,1-6H3/b9-8+/t19-,20-,22+,23-,24+,25+,26?,27+,28+,29-/m1/s1. The van der Waals surface area contributed by atoms with Crippen molar-refractivity contribution in [3.8, 4) is 0 Å². The fraction of sp³-hybridized carbons (Fsp3) is 0.862. The van der Waals surface area contributed by atoms with Crippen LogP contribution < -0.4 is 0 Å². The van der Waals surface area contributed by atoms with Crippen LogP contribution in [0.15, 0.2) is 23.8 Å². The molecule has 4 aliphatic carbocycles. The van der Waals surface area contributed by atoms with Gasteiger partial charge in [-0.2, -0.15) is 0 Å². The molecule has 3 saturated carbocycles. The molecule has 4 rings (SSSR count). The molecule has 0 aromatic carbocycles. The Labute approximate surface area is 196 Å². The lowest BCUT2D eigenvalue weighted by molar-refractivity contribution is -0.296. The zero-order chi connectivity index (χ0) is 23.3. The largest absolute Gasteiger partial charge is 0.393 e. The Balaban J connectivity index is 1.59. The van der Waals surface area contributed by atoms with Crippen molar-refractivity contribution in [2.45, 2.75) is 105 Å². The number of hydrogen-bond acceptors (Lipinski definition) is 3. The Morgan fingerprint density at radius 2 is 1.81 bits per heavy atom. The van der Waals surface area contributed by atoms with E-state index in [1.54, 1.807) is 0 Å². The molecular formula is C29H48O3. The smallest absolute Gasteiger partial charge is 0.114 e. The van der Waals surface area contributed by atoms with E-state index in [9.17, 15) is 10.4 Å². The van der Waals surface area contributed by atoms with Gasteiger partial charge < -0.3 is 5.11 Å². The van der Waals surface area contributed by atoms with Crippen molar-refractivity contribution in [1.29, 1.82) is 0 Å². The van der Waals surface area contributed by atoms with Gasteiger partial charge in [0.2, 0.25) is 0 Å². The van der Waals surface area contributed by atoms with Gasteiger partial charge in [-0.25, -0.2) is 4.89 Å². The third kappa shape index (κ3) is 3.95. The normalized spacial score (nSPS) is 45.8. The van der Waals surface area contributed by atoms with Gasteiger partial charge in [-0.3, -0.25) is 5.26 Å². The second-order valence-corrected chi connectivity index (χ2v) is 12.7. The van der Waals surface area contributed by atoms with Crippen molar-refractivity contribution in [3.05, 3.63) is 23.8 Å². The summed E-state index contributed by atoms with van der Waals surface area (Å²) < 4.78 is 0. The number of hydrogen-bond donors (Lipinski definition) is 2. The average molecular weight is 445 g/mol. The maximum Gasteiger partial charge on any atom is 0.114 e. The highest BCUT2D eigenvalue weighted by atomic mass is 17.1. The van der Waals surface area contributed by atoms with E-state index in [0.29, 0.717) is 46.8 Å². The van der Waals surface area contributed by atoms with E-state index >= 15 is 0 Å². The number of rotatable bonds is 6. The maximum absolute atomic E-state index is 10.3. The van der Waals surface area contributed by atoms with E-state index < -0.39 is 0 Å². The Bertz CT molecular complexity index is 726. The molecule has 0 aromatic rings. The van der Waals surface area contributed by atoms with Gasteiger partial charge in [0.15, 0.2) is 0 Å². The van der Waals surface area contributed by atoms with Crippen molar-refractivity contribution in [1.82, 2.24) is 0 Å². The van der Waals surface area contributed by atoms with Crippen molar-refractivity contribution in [2.24, 2.45) is 52.3 Å². The van der Waals surface area contributed by atoms with Crippen LogP contribution in [-0.4, -0.2) is 22.6 Å². The van der Waals surface area contributed by atoms with Gasteiger partial charge in [-0.05, 0) is 104 Å². The van der Waals surface area contributed by atoms with Gasteiger partial charge in [0, 0.05) is 0 Å². The SMILES string of the molecule is CC[C@H](/C=C/[C@@H](C)[C@H]1CC[C@H]2[C@@H]3C(OO)C=C4C[C@@H](O)CC[C@]4(C)[C@H]3CC[C@]12C)C(C)C. The van der Waals surface area contributed by atoms with Crippen LogP contribution in [0.3, 0.4) is 0 Å². The molecule has 32 heavy (non-hydrogen) atoms. The van der Waals surface area contributed by atoms with Crippen LogP contribution in [0.2, 0.25) is 0 Å². The highest BCUT2D eigenvalue weighted by Crippen LogP contribution is 2.67. The summed E-state index contributed by atoms with van der Waals surface area (Å²) in [6, 6.07) is 0. The quantitative estimate of drug-likeness (QED) is 0.257. The second kappa shape index (κ2) is 9.19. The number of fused-ring (bicyclic) bond motifs is 5. The predicted octanol–water partition coefficient (Wildman–Crippen LogP) is 7.27. The molecule has 0 spiro atoms. The first-order chi connectivity index (χ1) is 15.2. The van der Waals surface area contributed by atoms with E-state index in [-0.39, 0.29) is 17.6 Å². The summed E-state index contributed by atoms with van der Waals surface area (Å²) in [7, 11) is 0. The summed E-state index contributed by atoms with van der Waals surface area (Å²) in [5.74, 6) is 4.23. The van der Waals surface area contributed by atoms with Crippen LogP contribution in [0.5, 0.6) is 0 Å². The minimum absolute atomic E-state index is 0.162. The molecule has 4 aliphatic rings. The van der Waals surface area contributed by atoms with Crippen LogP contribution in [0.25, 0.3) is 0 Å². The van der Waals surface area contributed by atoms with Crippen LogP contribution >= 0.6 is 0 Å². The molecule has 0 radical (unpaired) electrons. The van der Waals surface area contributed by atoms with Crippen LogP contribution in [0, 0.1) is 52.3 Å². The van der Waals surface area contributed by atoms with Gasteiger partial charge in [-0.1, -0.05) is 65.3 Å². The summed E-state index contributed by atoms with van der Waals surface area (Å²) in [6.45, 7) is 14.4. The van der Waals surface area contributed by atoms with Crippen molar-refractivity contribution < 1.29 is 15.3 Å². The molecule has 3 fully saturated rings. The van der Waals surface area contributed by atoms with Crippen molar-refractivity contribution in [2.75, 3.05) is 0 Å². The monoisotopic (exact) mass is 444 g/mol. The zero-order valence-electron chi connectivity index (χ0n) is 21.4. The summed E-state index contributed by atoms with van der Waals surface area (Å²) >= 11 is 0. The fourth-order valence-electron chi connectivity index (χ4n) is 8.89. The lowest BCUT2D eigenvalue weighted by Gasteiger charge is -2.59. The topological polar surface area (TPSA) is 49.7 Å². The molecule has 0 amide bonds. The van der Waals surface area contributed by atoms with Crippen molar-refractivity contribution >= 4 is 0 Å². The molecule has 0 aromatic heterocycles. The molecule has 3 nitrogen and oxygen atoms in total. The number of allylic oxidation sites excluding steroid dienone is 2. The van der Waals surface area contributed by atoms with Crippen molar-refractivity contribution in [3.63, 3.8) is 0 Å². The molecule has 0 bridgehead atoms. The molecule has 10 atom stereocenters. The second-order valence-electron chi connectivity index (χ2n) is 12.7. The van der Waals surface area contributed by atoms with E-state index in [0.717, 1.165) is 19.3 Å². The van der Waals surface area contributed by atoms with Gasteiger partial charge >= 0.3 is 0 Å². The van der Waals surface area contributed by atoms with Crippen LogP contribution in [0.4, 0.5) is 0 Å². The van der Waals surface area contributed by atoms with Crippen LogP contribution in [0.1, 0.15) is 92.9 Å². The summed E-state index contributed by atoms with van der Waals surface area (Å²) in [5, 5.41) is 20.3. The summed E-state index contributed by atoms with van der Waals surface area (Å²) in [6.07, 6.45) is 15.8. The Morgan fingerprint density at radius 1 is 1.06 bits per heavy atom. The summed E-state index contributed by atoms with van der Waals surface area (Å²) in [5.41, 5.74) is 1.82. The molecule has 2 N–H and O–H groups in total. The third-order valence-corrected chi connectivity index (χ3v) is 10.9. The molecule has 0 saturated heterocycles. The minimum atomic E-state index is -0.236. The van der Waals surface area contributed by atoms with Gasteiger partial charge in [0.05, 0.1) is 6.10 Å². The fourth-order valence-corrected chi connectivity index (χ4v) is 8.89. The van der Waals surface area contributed by atoms with Gasteiger partial charge in [0.1, 0.15) is 6.10 Å². The average Bonchev–Trinajstić information content (AvgIpc) is 3.11. The van der Waals surface area contributed by atoms with Gasteiger partial charge in [-0.15, -0.1) is 0 Å². The third-order valence-electron chi connectivity index (χ3n) is 10.9. The van der Waals surface area contributed by atoms with E-state index in [4.69, 9.17) is 4.89 Å². The number of aliphatic hydroxyl groups is 1. The molecule has 0 aliphatic heterocycles. The highest BCUT2D eigenvalue weighted by Gasteiger charge is 2.61. The zero-order valence-corrected chi connectivity index (χ0v) is 21.4. The molecule has 0 heterocycles. The van der Waals surface area contributed by atoms with Crippen LogP contribution in [-0.2, 0) is 4.89 Å². The van der Waals surface area contributed by atoms with E-state index in [1.165, 1.54) is 37.7 Å². The lowest BCUT2D eigenvalue weighted by Crippen LogP contribution is -2.55. The Kier molecular flexibility index (Phi) is 7.03. The first kappa shape index (κ1) is 24.5. The first-order valence-electron chi connectivity index (χ1n) is 13.5. The first-order valence-corrected chi connectivity index (χ1v) is 13.5. The highest BCUT2D eigenvalue weighted by molar-refractivity contribution is 5.28. The Morgan fingerprint density at radius 3 is 2.47 bits per heavy atom. The maximum atomic E-state index is 10.3. The number of aliphatic hydroxyl groups excluding tert-OH is 1. The molecule has 182 valence electrons.